The lowest BCUT2D eigenvalue weighted by Gasteiger charge is -2.34. The number of fused-ring (bicyclic) bond motifs is 5. The number of hydrogen-bond donors (Lipinski definition) is 2. The summed E-state index contributed by atoms with van der Waals surface area (Å²) < 4.78 is 0. The van der Waals surface area contributed by atoms with Gasteiger partial charge in [-0.1, -0.05) is 19.1 Å². The number of nitrogens with one attached hydrogen (secondary N) is 2. The van der Waals surface area contributed by atoms with E-state index in [2.05, 4.69) is 44.5 Å². The molecule has 0 spiro atoms. The highest BCUT2D eigenvalue weighted by atomic mass is 16.2. The van der Waals surface area contributed by atoms with Crippen LogP contribution in [-0.4, -0.2) is 98.4 Å². The van der Waals surface area contributed by atoms with Crippen molar-refractivity contribution in [3.8, 4) is 0 Å². The molecule has 4 rings (SSSR count). The van der Waals surface area contributed by atoms with Crippen LogP contribution in [0.3, 0.4) is 0 Å². The molecule has 0 aromatic carbocycles. The molecule has 1 saturated carbocycles. The van der Waals surface area contributed by atoms with Crippen LogP contribution >= 0.6 is 0 Å². The smallest absolute Gasteiger partial charge is 0.233 e. The highest BCUT2D eigenvalue weighted by molar-refractivity contribution is 6.06. The van der Waals surface area contributed by atoms with Gasteiger partial charge in [-0.3, -0.25) is 19.5 Å². The summed E-state index contributed by atoms with van der Waals surface area (Å²) in [5.41, 5.74) is 0. The summed E-state index contributed by atoms with van der Waals surface area (Å²) in [5, 5.41) is 6.60. The average molecular weight is 431 g/mol. The van der Waals surface area contributed by atoms with E-state index in [1.54, 1.807) is 7.05 Å². The summed E-state index contributed by atoms with van der Waals surface area (Å²) in [7, 11) is 1.75. The predicted octanol–water partition coefficient (Wildman–Crippen LogP) is 0.376. The first-order valence-corrected chi connectivity index (χ1v) is 12.0. The zero-order chi connectivity index (χ0) is 21.8. The minimum absolute atomic E-state index is 0.0244. The van der Waals surface area contributed by atoms with E-state index in [0.29, 0.717) is 13.1 Å². The van der Waals surface area contributed by atoms with Crippen LogP contribution in [0.25, 0.3) is 0 Å². The molecule has 4 aliphatic rings. The van der Waals surface area contributed by atoms with Gasteiger partial charge in [-0.05, 0) is 44.2 Å². The van der Waals surface area contributed by atoms with Gasteiger partial charge in [0, 0.05) is 52.9 Å². The van der Waals surface area contributed by atoms with Crippen molar-refractivity contribution in [1.29, 1.82) is 0 Å². The van der Waals surface area contributed by atoms with E-state index in [4.69, 9.17) is 0 Å². The second-order valence-electron chi connectivity index (χ2n) is 9.24. The van der Waals surface area contributed by atoms with Crippen molar-refractivity contribution in [3.63, 3.8) is 0 Å². The number of hydrogen-bond acceptors (Lipinski definition) is 5. The molecule has 3 fully saturated rings. The van der Waals surface area contributed by atoms with Crippen molar-refractivity contribution < 1.29 is 9.59 Å². The average Bonchev–Trinajstić information content (AvgIpc) is 3.47. The van der Waals surface area contributed by atoms with E-state index in [9.17, 15) is 9.59 Å². The van der Waals surface area contributed by atoms with Gasteiger partial charge >= 0.3 is 0 Å². The molecule has 2 amide bonds. The van der Waals surface area contributed by atoms with Gasteiger partial charge in [-0.2, -0.15) is 0 Å². The number of carbonyl (C=O) groups is 2. The van der Waals surface area contributed by atoms with Gasteiger partial charge in [0.2, 0.25) is 11.8 Å². The molecule has 2 aliphatic heterocycles. The van der Waals surface area contributed by atoms with Gasteiger partial charge in [0.15, 0.2) is 5.96 Å². The largest absolute Gasteiger partial charge is 0.356 e. The second kappa shape index (κ2) is 10.1. The number of unbranched alkanes of at least 4 members (excludes halogenated alkanes) is 1. The number of nitrogens with zero attached hydrogens (tertiary/aromatic N) is 4. The molecular formula is C23H38N6O2. The molecule has 2 aliphatic carbocycles. The summed E-state index contributed by atoms with van der Waals surface area (Å²) in [6, 6.07) is 0. The summed E-state index contributed by atoms with van der Waals surface area (Å²) in [4.78, 5) is 36.3. The lowest BCUT2D eigenvalue weighted by Crippen LogP contribution is -2.46. The van der Waals surface area contributed by atoms with E-state index in [1.807, 2.05) is 0 Å². The minimum atomic E-state index is -0.107. The number of carbonyl (C=O) groups excluding carboxylic acids is 2. The number of rotatable bonds is 9. The first-order valence-electron chi connectivity index (χ1n) is 12.0. The second-order valence-corrected chi connectivity index (χ2v) is 9.24. The molecule has 0 aromatic rings. The highest BCUT2D eigenvalue weighted by Gasteiger charge is 2.58. The fourth-order valence-corrected chi connectivity index (χ4v) is 5.69. The third-order valence-electron chi connectivity index (χ3n) is 7.52. The Balaban J connectivity index is 1.10. The molecule has 2 heterocycles. The lowest BCUT2D eigenvalue weighted by atomic mass is 9.85. The van der Waals surface area contributed by atoms with E-state index in [1.165, 1.54) is 37.5 Å². The number of allylic oxidation sites excluding steroid dienone is 2. The summed E-state index contributed by atoms with van der Waals surface area (Å²) in [6.07, 6.45) is 7.51. The number of likely N-dealkylation sites (N-methyl/N-ethyl adjacent to an activating group) is 1. The monoisotopic (exact) mass is 430 g/mol. The Morgan fingerprint density at radius 3 is 2.16 bits per heavy atom. The van der Waals surface area contributed by atoms with Crippen LogP contribution in [0, 0.1) is 23.7 Å². The van der Waals surface area contributed by atoms with Crippen LogP contribution in [0.4, 0.5) is 0 Å². The molecule has 2 saturated heterocycles. The molecule has 0 aromatic heterocycles. The molecule has 4 unspecified atom stereocenters. The molecule has 2 N–H and O–H groups in total. The first-order chi connectivity index (χ1) is 15.1. The van der Waals surface area contributed by atoms with Gasteiger partial charge in [0.25, 0.3) is 0 Å². The Hall–Kier alpha value is -1.93. The molecule has 31 heavy (non-hydrogen) atoms. The van der Waals surface area contributed by atoms with E-state index in [-0.39, 0.29) is 35.5 Å². The normalized spacial score (nSPS) is 31.0. The van der Waals surface area contributed by atoms with Crippen LogP contribution < -0.4 is 10.6 Å². The zero-order valence-corrected chi connectivity index (χ0v) is 19.1. The van der Waals surface area contributed by atoms with E-state index in [0.717, 1.165) is 38.4 Å². The van der Waals surface area contributed by atoms with Gasteiger partial charge in [-0.25, -0.2) is 0 Å². The standard InChI is InChI=1S/C23H38N6O2/c1-3-27-12-14-28(15-13-27)10-5-4-8-25-23(24-2)26-9-11-29-21(30)19-17-6-7-18(16-17)20(19)22(29)31/h6-7,17-20H,3-5,8-16H2,1-2H3,(H2,24,25,26). The van der Waals surface area contributed by atoms with Crippen LogP contribution in [0.1, 0.15) is 26.2 Å². The van der Waals surface area contributed by atoms with Gasteiger partial charge in [-0.15, -0.1) is 0 Å². The van der Waals surface area contributed by atoms with E-state index >= 15 is 0 Å². The summed E-state index contributed by atoms with van der Waals surface area (Å²) >= 11 is 0. The Bertz CT molecular complexity index is 685. The molecular weight excluding hydrogens is 392 g/mol. The lowest BCUT2D eigenvalue weighted by molar-refractivity contribution is -0.140. The molecule has 8 nitrogen and oxygen atoms in total. The SMILES string of the molecule is CCN1CCN(CCCCNC(=NC)NCCN2C(=O)C3C4C=CC(C4)C3C2=O)CC1. The number of piperazine rings is 1. The van der Waals surface area contributed by atoms with Crippen molar-refractivity contribution in [1.82, 2.24) is 25.3 Å². The number of imide groups is 1. The number of aliphatic imine (C=N–C) groups is 1. The number of amides is 2. The zero-order valence-electron chi connectivity index (χ0n) is 19.1. The van der Waals surface area contributed by atoms with Crippen molar-refractivity contribution in [2.24, 2.45) is 28.7 Å². The Morgan fingerprint density at radius 1 is 0.935 bits per heavy atom. The molecule has 0 radical (unpaired) electrons. The van der Waals surface area contributed by atoms with Crippen LogP contribution in [0.2, 0.25) is 0 Å². The van der Waals surface area contributed by atoms with Gasteiger partial charge in [0.1, 0.15) is 0 Å². The molecule has 2 bridgehead atoms. The summed E-state index contributed by atoms with van der Waals surface area (Å²) in [5.74, 6) is 1.11. The third kappa shape index (κ3) is 4.80. The van der Waals surface area contributed by atoms with Crippen molar-refractivity contribution in [2.45, 2.75) is 26.2 Å². The predicted molar refractivity (Wildman–Crippen MR) is 122 cm³/mol. The number of guanidine groups is 1. The fourth-order valence-electron chi connectivity index (χ4n) is 5.69. The van der Waals surface area contributed by atoms with Crippen LogP contribution in [0.5, 0.6) is 0 Å². The Morgan fingerprint density at radius 2 is 1.55 bits per heavy atom. The maximum atomic E-state index is 12.7. The van der Waals surface area contributed by atoms with Crippen molar-refractivity contribution >= 4 is 17.8 Å². The van der Waals surface area contributed by atoms with Crippen molar-refractivity contribution in [3.05, 3.63) is 12.2 Å². The first kappa shape index (κ1) is 22.3. The van der Waals surface area contributed by atoms with Gasteiger partial charge in [0.05, 0.1) is 11.8 Å². The fraction of sp³-hybridized carbons (Fsp3) is 0.783. The molecule has 8 heteroatoms. The third-order valence-corrected chi connectivity index (χ3v) is 7.52. The highest BCUT2D eigenvalue weighted by Crippen LogP contribution is 2.52. The Kier molecular flexibility index (Phi) is 7.27. The van der Waals surface area contributed by atoms with Crippen molar-refractivity contribution in [2.75, 3.05) is 66.0 Å². The van der Waals surface area contributed by atoms with Crippen LogP contribution in [-0.2, 0) is 9.59 Å². The minimum Gasteiger partial charge on any atom is -0.356 e. The quantitative estimate of drug-likeness (QED) is 0.181. The Labute approximate surface area is 186 Å². The summed E-state index contributed by atoms with van der Waals surface area (Å²) in [6.45, 7) is 11.1. The maximum absolute atomic E-state index is 12.7. The van der Waals surface area contributed by atoms with E-state index < -0.39 is 0 Å². The number of likely N-dealkylation sites (tertiary alicyclic amines) is 1. The topological polar surface area (TPSA) is 80.3 Å². The maximum Gasteiger partial charge on any atom is 0.233 e. The van der Waals surface area contributed by atoms with Crippen LogP contribution in [0.15, 0.2) is 17.1 Å². The molecule has 4 atom stereocenters. The van der Waals surface area contributed by atoms with Gasteiger partial charge < -0.3 is 20.4 Å². The molecule has 172 valence electrons.